The van der Waals surface area contributed by atoms with Gasteiger partial charge in [-0.15, -0.1) is 0 Å². The highest BCUT2D eigenvalue weighted by Crippen LogP contribution is 2.72. The van der Waals surface area contributed by atoms with Crippen LogP contribution in [0.15, 0.2) is 119 Å². The fraction of sp³-hybridized carbons (Fsp3) is 0.818. The summed E-state index contributed by atoms with van der Waals surface area (Å²) < 4.78 is 92.8. The summed E-state index contributed by atoms with van der Waals surface area (Å²) in [5.74, 6) is 16.8. The normalized spacial score (nSPS) is 49.1. The van der Waals surface area contributed by atoms with Crippen LogP contribution in [0.5, 0.6) is 0 Å². The van der Waals surface area contributed by atoms with Crippen molar-refractivity contribution in [1.29, 1.82) is 0 Å². The predicted molar refractivity (Wildman–Crippen MR) is 499 cm³/mol. The van der Waals surface area contributed by atoms with Gasteiger partial charge in [-0.1, -0.05) is 180 Å². The molecule has 20 aliphatic rings. The van der Waals surface area contributed by atoms with Crippen LogP contribution < -0.4 is 0 Å². The SMILES string of the molecule is C=C(C)[C@H]1CC[C@H]2[C@@H]3CC=C4C[C@@](O)(C(F)F)CC[C@@H]4[C@H]3CC[C@]12C.C=C(C)[C@H]1CC[C@H]2[C@@H]3CC=C4C[C@@](O)(CF)CC[C@@H]4[C@H]3CC[C@]12C.C=C(CBr)[C@H]1CC[C@H]2[C@@H]3CC=C4C[C@@](O)(C(F)F)CC[C@@H]4[C@H]3CC[C@]12C.C=C(CBr)[C@H]1CC[C@H]2[C@@H]3CC=C4C[C@@](O)(CF)CC[C@@H]4[C@H]3CC[C@]12C.C=C(CO)[C@H]1CC[C@H]2[C@@H]3CC=C4C[C@@](O)(CF)CC[C@@H]4[C@H]3CC[C@]12C. The summed E-state index contributed by atoms with van der Waals surface area (Å²) in [6, 6.07) is 0. The molecule has 0 spiro atoms. The van der Waals surface area contributed by atoms with Gasteiger partial charge in [-0.2, -0.15) is 0 Å². The zero-order valence-corrected chi connectivity index (χ0v) is 80.8. The summed E-state index contributed by atoms with van der Waals surface area (Å²) in [6.07, 6.45) is 46.1. The maximum Gasteiger partial charge on any atom is 0.267 e. The van der Waals surface area contributed by atoms with Gasteiger partial charge in [0, 0.05) is 23.5 Å². The van der Waals surface area contributed by atoms with Crippen molar-refractivity contribution < 1.29 is 61.4 Å². The number of aliphatic hydroxyl groups is 6. The average molecular weight is 1870 g/mol. The molecular weight excluding hydrogens is 1710 g/mol. The van der Waals surface area contributed by atoms with E-state index in [1.165, 1.54) is 167 Å². The lowest BCUT2D eigenvalue weighted by Crippen LogP contribution is -2.49. The lowest BCUT2D eigenvalue weighted by molar-refractivity contribution is -0.119. The summed E-state index contributed by atoms with van der Waals surface area (Å²) in [7, 11) is 0. The lowest BCUT2D eigenvalue weighted by Gasteiger charge is -2.54. The van der Waals surface area contributed by atoms with Crippen molar-refractivity contribution in [1.82, 2.24) is 0 Å². The van der Waals surface area contributed by atoms with E-state index >= 15 is 0 Å². The van der Waals surface area contributed by atoms with E-state index < -0.39 is 60.9 Å². The third kappa shape index (κ3) is 17.0. The average Bonchev–Trinajstić information content (AvgIpc) is 1.60. The largest absolute Gasteiger partial charge is 0.392 e. The summed E-state index contributed by atoms with van der Waals surface area (Å²) in [4.78, 5) is 0. The van der Waals surface area contributed by atoms with Crippen LogP contribution in [0.3, 0.4) is 0 Å². The first-order valence-electron chi connectivity index (χ1n) is 50.6. The molecule has 125 heavy (non-hydrogen) atoms. The Hall–Kier alpha value is -2.37. The van der Waals surface area contributed by atoms with Crippen molar-refractivity contribution >= 4 is 31.9 Å². The van der Waals surface area contributed by atoms with Gasteiger partial charge in [0.15, 0.2) is 0 Å². The van der Waals surface area contributed by atoms with Gasteiger partial charge in [0.1, 0.15) is 31.2 Å². The number of halogens is 9. The van der Waals surface area contributed by atoms with Crippen LogP contribution in [0, 0.1) is 175 Å². The van der Waals surface area contributed by atoms with Crippen LogP contribution >= 0.6 is 31.9 Å². The molecule has 20 rings (SSSR count). The Balaban J connectivity index is 0.000000115. The number of fused-ring (bicyclic) bond motifs is 25. The van der Waals surface area contributed by atoms with E-state index in [0.29, 0.717) is 154 Å². The van der Waals surface area contributed by atoms with Crippen LogP contribution in [0.25, 0.3) is 0 Å². The molecule has 15 heteroatoms. The molecular formula is C110H161Br2F7O6. The Kier molecular flexibility index (Phi) is 28.1. The summed E-state index contributed by atoms with van der Waals surface area (Å²) in [5.41, 5.74) is 7.93. The Morgan fingerprint density at radius 1 is 0.320 bits per heavy atom. The molecule has 6 N–H and O–H groups in total. The minimum atomic E-state index is -2.64. The molecule has 15 fully saturated rings. The maximum atomic E-state index is 13.3. The van der Waals surface area contributed by atoms with Crippen LogP contribution in [0.1, 0.15) is 305 Å². The molecule has 0 aromatic rings. The van der Waals surface area contributed by atoms with Crippen molar-refractivity contribution in [2.75, 3.05) is 37.3 Å². The molecule has 0 saturated heterocycles. The van der Waals surface area contributed by atoms with Gasteiger partial charge in [0.25, 0.3) is 12.9 Å². The van der Waals surface area contributed by atoms with E-state index in [9.17, 15) is 61.4 Å². The number of hydrogen-bond acceptors (Lipinski definition) is 6. The first-order valence-corrected chi connectivity index (χ1v) is 52.9. The van der Waals surface area contributed by atoms with Gasteiger partial charge in [0.05, 0.1) is 23.4 Å². The standard InChI is InChI=1S/C22H31BrF2O.C22H32BrFO.C22H32F2O.C22H33FO2.C22H33FO/c1-13(12-23)18-5-6-19-17-4-3-14-11-22(26,20(24)25)10-8-15(14)16(17)7-9-21(18,19)2;1-14(12-23)19-5-6-20-18-4-3-15-11-22(25,13-24)10-8-16(15)17(18)7-9-21(19,20)2;1-13(2)18-6-7-19-17-5-4-14-12-22(25,20(23)24)11-9-15(14)16(17)8-10-21(18,19)3;1-14(12-24)19-5-6-20-18-4-3-15-11-22(25,13-23)10-8-16(15)17(18)7-9-21(19,20)2;1-14(2)19-6-7-20-18-5-4-15-12-22(24,13-23)11-9-16(15)17(18)8-10-21(19,20)3/h3,15-20,26H,1,4-12H2,2H3;3,16-20,25H,1,4-13H2,2H3;4,15-20,25H,1,5-12H2,2-3H3;3,16-20,24-25H,1,4-13H2,2H3;4,16-20,24H,1,5-13H2,2-3H3/t15-,16+,17+,18+,19-,21+,22+;16-,17+,18+,19+,20-,21+,22+;15-,16+,17+,18+,19-,21+,22+;2*16-,17+,18+,19+,20-,21+,22+/m00000/s1. The summed E-state index contributed by atoms with van der Waals surface area (Å²) in [6.45, 7) is 36.6. The first-order chi connectivity index (χ1) is 59.3. The molecule has 0 unspecified atom stereocenters. The fourth-order valence-corrected chi connectivity index (χ4v) is 37.2. The van der Waals surface area contributed by atoms with E-state index in [1.54, 1.807) is 0 Å². The highest BCUT2D eigenvalue weighted by atomic mass is 79.9. The second kappa shape index (κ2) is 36.7. The molecule has 35 atom stereocenters. The molecule has 0 heterocycles. The van der Waals surface area contributed by atoms with E-state index in [0.717, 1.165) is 151 Å². The molecule has 15 saturated carbocycles. The van der Waals surface area contributed by atoms with Gasteiger partial charge >= 0.3 is 0 Å². The Morgan fingerprint density at radius 3 is 0.768 bits per heavy atom. The van der Waals surface area contributed by atoms with E-state index in [1.807, 2.05) is 0 Å². The number of alkyl halides is 9. The zero-order valence-electron chi connectivity index (χ0n) is 77.6. The van der Waals surface area contributed by atoms with Crippen molar-refractivity contribution in [3.8, 4) is 0 Å². The van der Waals surface area contributed by atoms with Gasteiger partial charge in [0.2, 0.25) is 0 Å². The number of rotatable bonds is 13. The van der Waals surface area contributed by atoms with Crippen molar-refractivity contribution in [2.24, 2.45) is 175 Å². The van der Waals surface area contributed by atoms with Crippen LogP contribution in [0.4, 0.5) is 30.7 Å². The molecule has 0 aromatic heterocycles. The quantitative estimate of drug-likeness (QED) is 0.0621. The van der Waals surface area contributed by atoms with Crippen LogP contribution in [0.2, 0.25) is 0 Å². The van der Waals surface area contributed by atoms with E-state index in [-0.39, 0.29) is 32.3 Å². The highest BCUT2D eigenvalue weighted by molar-refractivity contribution is 9.09. The van der Waals surface area contributed by atoms with Gasteiger partial charge in [-0.25, -0.2) is 30.7 Å². The van der Waals surface area contributed by atoms with Gasteiger partial charge in [-0.3, -0.25) is 0 Å². The van der Waals surface area contributed by atoms with Gasteiger partial charge in [-0.05, 0) is 438 Å². The topological polar surface area (TPSA) is 121 Å². The highest BCUT2D eigenvalue weighted by Gasteiger charge is 2.64. The molecule has 0 aromatic carbocycles. The summed E-state index contributed by atoms with van der Waals surface area (Å²) in [5, 5.41) is 63.1. The van der Waals surface area contributed by atoms with Crippen LogP contribution in [-0.2, 0) is 0 Å². The molecule has 20 aliphatic carbocycles. The van der Waals surface area contributed by atoms with Gasteiger partial charge < -0.3 is 30.6 Å². The second-order valence-corrected chi connectivity index (χ2v) is 49.3. The van der Waals surface area contributed by atoms with E-state index in [4.69, 9.17) is 0 Å². The smallest absolute Gasteiger partial charge is 0.267 e. The monoisotopic (exact) mass is 1870 g/mol. The predicted octanol–water partition coefficient (Wildman–Crippen LogP) is 27.6. The minimum absolute atomic E-state index is 0.121. The minimum Gasteiger partial charge on any atom is -0.392 e. The zero-order chi connectivity index (χ0) is 89.4. The molecule has 0 amide bonds. The Bertz CT molecular complexity index is 4050. The molecule has 6 nitrogen and oxygen atoms in total. The maximum absolute atomic E-state index is 13.3. The second-order valence-electron chi connectivity index (χ2n) is 48.2. The summed E-state index contributed by atoms with van der Waals surface area (Å²) >= 11 is 7.24. The molecule has 0 radical (unpaired) electrons. The number of allylic oxidation sites excluding steroid dienone is 9. The van der Waals surface area contributed by atoms with Crippen molar-refractivity contribution in [2.45, 2.75) is 346 Å². The van der Waals surface area contributed by atoms with Crippen molar-refractivity contribution in [3.05, 3.63) is 119 Å². The Labute approximate surface area is 765 Å². The van der Waals surface area contributed by atoms with E-state index in [2.05, 4.69) is 144 Å². The number of hydrogen-bond donors (Lipinski definition) is 6. The van der Waals surface area contributed by atoms with Crippen LogP contribution in [-0.4, -0.2) is 109 Å². The Morgan fingerprint density at radius 2 is 0.544 bits per heavy atom. The molecule has 0 aliphatic heterocycles. The van der Waals surface area contributed by atoms with Crippen molar-refractivity contribution in [3.63, 3.8) is 0 Å². The fourth-order valence-electron chi connectivity index (χ4n) is 36.4. The molecule has 700 valence electrons. The number of aliphatic hydroxyl groups excluding tert-OH is 1. The molecule has 0 bridgehead atoms. The lowest BCUT2D eigenvalue weighted by atomic mass is 9.51. The third-order valence-corrected chi connectivity index (χ3v) is 44.1. The first kappa shape index (κ1) is 95.8. The third-order valence-electron chi connectivity index (χ3n) is 42.6.